The molecule has 1 N–H and O–H groups in total. The van der Waals surface area contributed by atoms with Crippen LogP contribution in [0.5, 0.6) is 0 Å². The minimum absolute atomic E-state index is 0.668. The van der Waals surface area contributed by atoms with E-state index in [0.717, 1.165) is 12.5 Å². The molecule has 4 atom stereocenters. The molecule has 0 aromatic heterocycles. The number of nitrogens with zero attached hydrogens (tertiary/aromatic N) is 3. The summed E-state index contributed by atoms with van der Waals surface area (Å²) in [5, 5.41) is 3.85. The lowest BCUT2D eigenvalue weighted by Gasteiger charge is -2.42. The maximum absolute atomic E-state index is 3.85. The molecule has 0 spiro atoms. The third-order valence-corrected chi connectivity index (χ3v) is 5.21. The number of likely N-dealkylation sites (tertiary alicyclic amines) is 1. The van der Waals surface area contributed by atoms with Gasteiger partial charge in [-0.1, -0.05) is 6.92 Å². The first kappa shape index (κ1) is 15.2. The Hall–Kier alpha value is -0.160. The number of hydrogen-bond acceptors (Lipinski definition) is 4. The Labute approximate surface area is 119 Å². The van der Waals surface area contributed by atoms with Crippen LogP contribution in [-0.4, -0.2) is 86.7 Å². The van der Waals surface area contributed by atoms with Gasteiger partial charge < -0.3 is 15.1 Å². The standard InChI is InChI=1S/C15H32N4/c1-12-10-19(5)13(2)8-15(12)16-9-14-11-17(3)6-7-18(14)4/h12-16H,6-11H2,1-5H3. The van der Waals surface area contributed by atoms with Crippen LogP contribution in [0.4, 0.5) is 0 Å². The van der Waals surface area contributed by atoms with E-state index in [1.165, 1.54) is 32.6 Å². The summed E-state index contributed by atoms with van der Waals surface area (Å²) >= 11 is 0. The molecule has 2 saturated heterocycles. The summed E-state index contributed by atoms with van der Waals surface area (Å²) in [4.78, 5) is 7.45. The highest BCUT2D eigenvalue weighted by Gasteiger charge is 2.30. The van der Waals surface area contributed by atoms with Crippen LogP contribution in [0.1, 0.15) is 20.3 Å². The zero-order valence-electron chi connectivity index (χ0n) is 13.4. The van der Waals surface area contributed by atoms with Crippen molar-refractivity contribution in [2.45, 2.75) is 38.4 Å². The van der Waals surface area contributed by atoms with Gasteiger partial charge in [0.15, 0.2) is 0 Å². The first-order chi connectivity index (χ1) is 8.97. The van der Waals surface area contributed by atoms with E-state index in [0.29, 0.717) is 18.1 Å². The second-order valence-electron chi connectivity index (χ2n) is 6.91. The van der Waals surface area contributed by atoms with E-state index >= 15 is 0 Å². The number of rotatable bonds is 3. The van der Waals surface area contributed by atoms with Crippen molar-refractivity contribution in [3.8, 4) is 0 Å². The van der Waals surface area contributed by atoms with Crippen molar-refractivity contribution >= 4 is 0 Å². The Morgan fingerprint density at radius 2 is 1.74 bits per heavy atom. The highest BCUT2D eigenvalue weighted by molar-refractivity contribution is 4.88. The highest BCUT2D eigenvalue weighted by atomic mass is 15.3. The second kappa shape index (κ2) is 6.53. The molecule has 2 aliphatic heterocycles. The van der Waals surface area contributed by atoms with Gasteiger partial charge in [0.1, 0.15) is 0 Å². The van der Waals surface area contributed by atoms with Crippen molar-refractivity contribution in [3.63, 3.8) is 0 Å². The Bertz CT molecular complexity index is 283. The number of likely N-dealkylation sites (N-methyl/N-ethyl adjacent to an activating group) is 2. The maximum Gasteiger partial charge on any atom is 0.0345 e. The van der Waals surface area contributed by atoms with E-state index in [2.05, 4.69) is 55.0 Å². The van der Waals surface area contributed by atoms with Gasteiger partial charge in [0, 0.05) is 50.8 Å². The summed E-state index contributed by atoms with van der Waals surface area (Å²) < 4.78 is 0. The molecule has 0 bridgehead atoms. The maximum atomic E-state index is 3.85. The smallest absolute Gasteiger partial charge is 0.0345 e. The molecule has 0 radical (unpaired) electrons. The summed E-state index contributed by atoms with van der Waals surface area (Å²) in [5.74, 6) is 0.757. The van der Waals surface area contributed by atoms with Crippen molar-refractivity contribution in [2.75, 3.05) is 53.9 Å². The molecule has 0 aliphatic carbocycles. The van der Waals surface area contributed by atoms with Gasteiger partial charge >= 0.3 is 0 Å². The van der Waals surface area contributed by atoms with Crippen LogP contribution < -0.4 is 5.32 Å². The summed E-state index contributed by atoms with van der Waals surface area (Å²) in [6.45, 7) is 10.7. The van der Waals surface area contributed by atoms with E-state index in [1.54, 1.807) is 0 Å². The van der Waals surface area contributed by atoms with Crippen LogP contribution in [0, 0.1) is 5.92 Å². The van der Waals surface area contributed by atoms with E-state index in [1.807, 2.05) is 0 Å². The van der Waals surface area contributed by atoms with Crippen LogP contribution in [0.2, 0.25) is 0 Å². The Balaban J connectivity index is 1.81. The minimum atomic E-state index is 0.668. The van der Waals surface area contributed by atoms with Gasteiger partial charge in [0.2, 0.25) is 0 Å². The fourth-order valence-electron chi connectivity index (χ4n) is 3.43. The summed E-state index contributed by atoms with van der Waals surface area (Å²) in [6, 6.07) is 2.06. The Morgan fingerprint density at radius 1 is 1.00 bits per heavy atom. The monoisotopic (exact) mass is 268 g/mol. The summed E-state index contributed by atoms with van der Waals surface area (Å²) in [6.07, 6.45) is 1.28. The molecule has 2 aliphatic rings. The van der Waals surface area contributed by atoms with Gasteiger partial charge in [-0.05, 0) is 40.4 Å². The van der Waals surface area contributed by atoms with Gasteiger partial charge in [-0.15, -0.1) is 0 Å². The fourth-order valence-corrected chi connectivity index (χ4v) is 3.43. The molecular weight excluding hydrogens is 236 g/mol. The average Bonchev–Trinajstić information content (AvgIpc) is 2.36. The van der Waals surface area contributed by atoms with Crippen LogP contribution >= 0.6 is 0 Å². The molecule has 4 heteroatoms. The molecule has 4 nitrogen and oxygen atoms in total. The summed E-state index contributed by atoms with van der Waals surface area (Å²) in [5.41, 5.74) is 0. The molecule has 0 saturated carbocycles. The molecular formula is C15H32N4. The zero-order valence-corrected chi connectivity index (χ0v) is 13.4. The lowest BCUT2D eigenvalue weighted by Crippen LogP contribution is -2.57. The quantitative estimate of drug-likeness (QED) is 0.807. The van der Waals surface area contributed by atoms with Crippen LogP contribution in [0.25, 0.3) is 0 Å². The van der Waals surface area contributed by atoms with Gasteiger partial charge in [-0.25, -0.2) is 0 Å². The fraction of sp³-hybridized carbons (Fsp3) is 1.00. The molecule has 2 rings (SSSR count). The molecule has 112 valence electrons. The molecule has 4 unspecified atom stereocenters. The Kier molecular flexibility index (Phi) is 5.23. The minimum Gasteiger partial charge on any atom is -0.312 e. The van der Waals surface area contributed by atoms with Gasteiger partial charge in [0.05, 0.1) is 0 Å². The molecule has 0 aromatic carbocycles. The molecule has 0 amide bonds. The van der Waals surface area contributed by atoms with Crippen LogP contribution in [0.3, 0.4) is 0 Å². The Morgan fingerprint density at radius 3 is 2.47 bits per heavy atom. The van der Waals surface area contributed by atoms with Crippen molar-refractivity contribution in [1.82, 2.24) is 20.0 Å². The van der Waals surface area contributed by atoms with Crippen molar-refractivity contribution in [2.24, 2.45) is 5.92 Å². The first-order valence-electron chi connectivity index (χ1n) is 7.79. The number of piperidine rings is 1. The molecule has 0 aromatic rings. The van der Waals surface area contributed by atoms with Crippen LogP contribution in [0.15, 0.2) is 0 Å². The van der Waals surface area contributed by atoms with E-state index in [-0.39, 0.29) is 0 Å². The third-order valence-electron chi connectivity index (χ3n) is 5.21. The van der Waals surface area contributed by atoms with E-state index in [9.17, 15) is 0 Å². The average molecular weight is 268 g/mol. The third kappa shape index (κ3) is 3.91. The molecule has 19 heavy (non-hydrogen) atoms. The number of piperazine rings is 1. The number of hydrogen-bond donors (Lipinski definition) is 1. The lowest BCUT2D eigenvalue weighted by molar-refractivity contribution is 0.0909. The number of nitrogens with one attached hydrogen (secondary N) is 1. The topological polar surface area (TPSA) is 21.8 Å². The van der Waals surface area contributed by atoms with Crippen molar-refractivity contribution in [3.05, 3.63) is 0 Å². The van der Waals surface area contributed by atoms with Gasteiger partial charge in [-0.2, -0.15) is 0 Å². The van der Waals surface area contributed by atoms with E-state index < -0.39 is 0 Å². The van der Waals surface area contributed by atoms with Crippen molar-refractivity contribution < 1.29 is 0 Å². The van der Waals surface area contributed by atoms with Gasteiger partial charge in [-0.3, -0.25) is 4.90 Å². The predicted molar refractivity (Wildman–Crippen MR) is 81.6 cm³/mol. The predicted octanol–water partition coefficient (Wildman–Crippen LogP) is 0.551. The zero-order chi connectivity index (χ0) is 14.0. The second-order valence-corrected chi connectivity index (χ2v) is 6.91. The SMILES string of the molecule is CC1CN(C)C(C)CC1NCC1CN(C)CCN1C. The highest BCUT2D eigenvalue weighted by Crippen LogP contribution is 2.20. The normalized spacial score (nSPS) is 39.6. The van der Waals surface area contributed by atoms with Crippen molar-refractivity contribution in [1.29, 1.82) is 0 Å². The molecule has 2 heterocycles. The van der Waals surface area contributed by atoms with E-state index in [4.69, 9.17) is 0 Å². The van der Waals surface area contributed by atoms with Crippen LogP contribution in [-0.2, 0) is 0 Å². The first-order valence-corrected chi connectivity index (χ1v) is 7.79. The molecule has 2 fully saturated rings. The van der Waals surface area contributed by atoms with Gasteiger partial charge in [0.25, 0.3) is 0 Å². The lowest BCUT2D eigenvalue weighted by atomic mass is 9.89. The largest absolute Gasteiger partial charge is 0.312 e. The summed E-state index contributed by atoms with van der Waals surface area (Å²) in [7, 11) is 6.75.